The second kappa shape index (κ2) is 2.71. The molecular weight excluding hydrogens is 156 g/mol. The Morgan fingerprint density at radius 1 is 1.50 bits per heavy atom. The van der Waals surface area contributed by atoms with Crippen LogP contribution in [0, 0.1) is 0 Å². The first kappa shape index (κ1) is 8.01. The first-order valence-electron chi connectivity index (χ1n) is 4.25. The van der Waals surface area contributed by atoms with E-state index in [0.29, 0.717) is 12.6 Å². The lowest BCUT2D eigenvalue weighted by Gasteiger charge is -2.42. The summed E-state index contributed by atoms with van der Waals surface area (Å²) in [4.78, 5) is 15.4. The quantitative estimate of drug-likeness (QED) is 0.507. The van der Waals surface area contributed by atoms with Gasteiger partial charge in [0.25, 0.3) is 5.91 Å². The fourth-order valence-corrected chi connectivity index (χ4v) is 1.36. The Labute approximate surface area is 72.1 Å². The van der Waals surface area contributed by atoms with Crippen molar-refractivity contribution in [3.8, 4) is 0 Å². The summed E-state index contributed by atoms with van der Waals surface area (Å²) in [6.45, 7) is 2.36. The van der Waals surface area contributed by atoms with Gasteiger partial charge in [-0.3, -0.25) is 4.79 Å². The first-order chi connectivity index (χ1) is 5.68. The maximum absolute atomic E-state index is 11.3. The number of carbonyl (C=O) groups is 1. The maximum atomic E-state index is 11.3. The van der Waals surface area contributed by atoms with Crippen LogP contribution in [0.4, 0.5) is 0 Å². The molecule has 0 aliphatic carbocycles. The molecule has 2 heterocycles. The summed E-state index contributed by atoms with van der Waals surface area (Å²) < 4.78 is 4.92. The third-order valence-corrected chi connectivity index (χ3v) is 2.51. The van der Waals surface area contributed by atoms with Gasteiger partial charge < -0.3 is 14.5 Å². The molecule has 68 valence electrons. The number of hydrogen-bond donors (Lipinski definition) is 0. The number of amides is 1. The summed E-state index contributed by atoms with van der Waals surface area (Å²) in [6.07, 6.45) is -0.104. The van der Waals surface area contributed by atoms with Gasteiger partial charge in [0, 0.05) is 19.1 Å². The molecule has 0 spiro atoms. The molecule has 4 heteroatoms. The predicted octanol–water partition coefficient (Wildman–Crippen LogP) is -0.842. The highest BCUT2D eigenvalue weighted by molar-refractivity contribution is 5.83. The third-order valence-electron chi connectivity index (χ3n) is 2.51. The van der Waals surface area contributed by atoms with Crippen molar-refractivity contribution in [1.29, 1.82) is 0 Å². The number of epoxide rings is 1. The van der Waals surface area contributed by atoms with E-state index in [1.54, 1.807) is 0 Å². The van der Waals surface area contributed by atoms with Crippen molar-refractivity contribution in [3.05, 3.63) is 0 Å². The van der Waals surface area contributed by atoms with Crippen molar-refractivity contribution >= 4 is 5.91 Å². The largest absolute Gasteiger partial charge is 0.363 e. The van der Waals surface area contributed by atoms with Crippen molar-refractivity contribution in [2.24, 2.45) is 0 Å². The van der Waals surface area contributed by atoms with Crippen LogP contribution in [0.5, 0.6) is 0 Å². The topological polar surface area (TPSA) is 36.1 Å². The van der Waals surface area contributed by atoms with Gasteiger partial charge in [0.05, 0.1) is 6.61 Å². The zero-order valence-corrected chi connectivity index (χ0v) is 7.49. The predicted molar refractivity (Wildman–Crippen MR) is 43.8 cm³/mol. The van der Waals surface area contributed by atoms with Gasteiger partial charge in [-0.2, -0.15) is 0 Å². The van der Waals surface area contributed by atoms with Gasteiger partial charge in [-0.15, -0.1) is 0 Å². The van der Waals surface area contributed by atoms with Gasteiger partial charge in [0.1, 0.15) is 0 Å². The highest BCUT2D eigenvalue weighted by atomic mass is 16.6. The van der Waals surface area contributed by atoms with E-state index in [4.69, 9.17) is 4.74 Å². The van der Waals surface area contributed by atoms with Crippen LogP contribution < -0.4 is 0 Å². The van der Waals surface area contributed by atoms with Gasteiger partial charge in [-0.1, -0.05) is 0 Å². The van der Waals surface area contributed by atoms with Crippen LogP contribution in [-0.4, -0.2) is 61.6 Å². The van der Waals surface area contributed by atoms with E-state index in [-0.39, 0.29) is 12.0 Å². The molecule has 1 atom stereocenters. The normalized spacial score (nSPS) is 28.9. The van der Waals surface area contributed by atoms with Gasteiger partial charge in [-0.05, 0) is 14.1 Å². The molecule has 0 N–H and O–H groups in total. The monoisotopic (exact) mass is 170 g/mol. The molecule has 0 aromatic heterocycles. The zero-order valence-electron chi connectivity index (χ0n) is 7.49. The van der Waals surface area contributed by atoms with Crippen LogP contribution >= 0.6 is 0 Å². The molecule has 12 heavy (non-hydrogen) atoms. The molecule has 0 aromatic rings. The smallest absolute Gasteiger partial charge is 0.254 e. The summed E-state index contributed by atoms with van der Waals surface area (Å²) in [5.41, 5.74) is 0. The fraction of sp³-hybridized carbons (Fsp3) is 0.875. The SMILES string of the molecule is CN(C)C1CN(C(=O)C2CO2)C1. The van der Waals surface area contributed by atoms with Gasteiger partial charge in [0.15, 0.2) is 6.10 Å². The molecular formula is C8H14N2O2. The van der Waals surface area contributed by atoms with Crippen molar-refractivity contribution < 1.29 is 9.53 Å². The molecule has 0 aromatic carbocycles. The van der Waals surface area contributed by atoms with E-state index >= 15 is 0 Å². The molecule has 1 unspecified atom stereocenters. The van der Waals surface area contributed by atoms with Crippen molar-refractivity contribution in [2.45, 2.75) is 12.1 Å². The van der Waals surface area contributed by atoms with Crippen molar-refractivity contribution in [3.63, 3.8) is 0 Å². The zero-order chi connectivity index (χ0) is 8.72. The number of nitrogens with zero attached hydrogens (tertiary/aromatic N) is 2. The van der Waals surface area contributed by atoms with Crippen LogP contribution in [0.1, 0.15) is 0 Å². The van der Waals surface area contributed by atoms with Gasteiger partial charge in [0.2, 0.25) is 0 Å². The lowest BCUT2D eigenvalue weighted by molar-refractivity contribution is -0.139. The van der Waals surface area contributed by atoms with E-state index < -0.39 is 0 Å². The van der Waals surface area contributed by atoms with E-state index in [1.807, 2.05) is 19.0 Å². The summed E-state index contributed by atoms with van der Waals surface area (Å²) in [7, 11) is 4.08. The van der Waals surface area contributed by atoms with Crippen LogP contribution in [-0.2, 0) is 9.53 Å². The van der Waals surface area contributed by atoms with Gasteiger partial charge in [-0.25, -0.2) is 0 Å². The first-order valence-corrected chi connectivity index (χ1v) is 4.25. The molecule has 4 nitrogen and oxygen atoms in total. The minimum Gasteiger partial charge on any atom is -0.363 e. The van der Waals surface area contributed by atoms with Crippen LogP contribution in [0.3, 0.4) is 0 Å². The van der Waals surface area contributed by atoms with Crippen molar-refractivity contribution in [1.82, 2.24) is 9.80 Å². The minimum absolute atomic E-state index is 0.104. The molecule has 2 aliphatic rings. The highest BCUT2D eigenvalue weighted by Crippen LogP contribution is 2.19. The fourth-order valence-electron chi connectivity index (χ4n) is 1.36. The lowest BCUT2D eigenvalue weighted by atomic mass is 10.1. The molecule has 0 saturated carbocycles. The lowest BCUT2D eigenvalue weighted by Crippen LogP contribution is -2.60. The van der Waals surface area contributed by atoms with Gasteiger partial charge >= 0.3 is 0 Å². The number of likely N-dealkylation sites (N-methyl/N-ethyl adjacent to an activating group) is 1. The molecule has 2 saturated heterocycles. The second-order valence-electron chi connectivity index (χ2n) is 3.68. The van der Waals surface area contributed by atoms with E-state index in [2.05, 4.69) is 4.90 Å². The molecule has 2 aliphatic heterocycles. The highest BCUT2D eigenvalue weighted by Gasteiger charge is 2.40. The maximum Gasteiger partial charge on any atom is 0.254 e. The van der Waals surface area contributed by atoms with Crippen LogP contribution in [0.15, 0.2) is 0 Å². The van der Waals surface area contributed by atoms with Crippen LogP contribution in [0.2, 0.25) is 0 Å². The Morgan fingerprint density at radius 2 is 2.08 bits per heavy atom. The summed E-state index contributed by atoms with van der Waals surface area (Å²) in [5, 5.41) is 0. The Balaban J connectivity index is 1.76. The molecule has 0 bridgehead atoms. The average Bonchev–Trinajstić information content (AvgIpc) is 2.62. The molecule has 0 radical (unpaired) electrons. The molecule has 2 fully saturated rings. The number of likely N-dealkylation sites (tertiary alicyclic amines) is 1. The van der Waals surface area contributed by atoms with Crippen molar-refractivity contribution in [2.75, 3.05) is 33.8 Å². The third kappa shape index (κ3) is 1.32. The Bertz CT molecular complexity index is 195. The summed E-state index contributed by atoms with van der Waals surface area (Å²) in [6, 6.07) is 0.549. The average molecular weight is 170 g/mol. The Kier molecular flexibility index (Phi) is 1.81. The molecule has 2 rings (SSSR count). The standard InChI is InChI=1S/C8H14N2O2/c1-9(2)6-3-10(4-6)8(11)7-5-12-7/h6-7H,3-5H2,1-2H3. The second-order valence-corrected chi connectivity index (χ2v) is 3.68. The Hall–Kier alpha value is -0.610. The Morgan fingerprint density at radius 3 is 2.50 bits per heavy atom. The van der Waals surface area contributed by atoms with E-state index in [0.717, 1.165) is 13.1 Å². The molecule has 1 amide bonds. The summed E-state index contributed by atoms with van der Waals surface area (Å²) >= 11 is 0. The summed E-state index contributed by atoms with van der Waals surface area (Å²) in [5.74, 6) is 0.174. The van der Waals surface area contributed by atoms with E-state index in [1.165, 1.54) is 0 Å². The number of carbonyl (C=O) groups excluding carboxylic acids is 1. The number of ether oxygens (including phenoxy) is 1. The number of rotatable bonds is 2. The number of hydrogen-bond acceptors (Lipinski definition) is 3. The van der Waals surface area contributed by atoms with Crippen LogP contribution in [0.25, 0.3) is 0 Å². The van der Waals surface area contributed by atoms with E-state index in [9.17, 15) is 4.79 Å². The minimum atomic E-state index is -0.104.